The molecule has 3 atom stereocenters. The summed E-state index contributed by atoms with van der Waals surface area (Å²) < 4.78 is 5.93. The number of benzene rings is 1. The van der Waals surface area contributed by atoms with Crippen molar-refractivity contribution in [2.75, 3.05) is 36.9 Å². The Morgan fingerprint density at radius 3 is 3.09 bits per heavy atom. The fourth-order valence-corrected chi connectivity index (χ4v) is 6.15. The van der Waals surface area contributed by atoms with Gasteiger partial charge in [-0.2, -0.15) is 0 Å². The number of fused-ring (bicyclic) bond motifs is 6. The highest BCUT2D eigenvalue weighted by Crippen LogP contribution is 2.32. The number of nitrogens with one attached hydrogen (secondary N) is 2. The Kier molecular flexibility index (Phi) is 5.20. The Hall–Kier alpha value is -2.75. The molecular weight excluding hydrogens is 436 g/mol. The highest BCUT2D eigenvalue weighted by Gasteiger charge is 2.30. The van der Waals surface area contributed by atoms with E-state index in [1.54, 1.807) is 6.20 Å². The average molecular weight is 465 g/mol. The molecule has 7 rings (SSSR count). The van der Waals surface area contributed by atoms with E-state index in [0.29, 0.717) is 27.0 Å². The number of hydrogen-bond donors (Lipinski definition) is 3. The largest absolute Gasteiger partial charge is 0.396 e. The van der Waals surface area contributed by atoms with Gasteiger partial charge in [0.1, 0.15) is 15.2 Å². The Bertz CT molecular complexity index is 1210. The maximum absolute atomic E-state index is 13.0. The van der Waals surface area contributed by atoms with Crippen LogP contribution in [-0.2, 0) is 17.6 Å². The number of nitrogens with two attached hydrogens (primary N) is 1. The van der Waals surface area contributed by atoms with Gasteiger partial charge in [-0.25, -0.2) is 9.97 Å². The molecule has 4 N–H and O–H groups in total. The minimum absolute atomic E-state index is 0.0924. The molecule has 4 aliphatic rings. The lowest BCUT2D eigenvalue weighted by atomic mass is 9.87. The molecule has 3 aromatic rings. The van der Waals surface area contributed by atoms with Crippen LogP contribution in [0.25, 0.3) is 10.3 Å². The van der Waals surface area contributed by atoms with Crippen molar-refractivity contribution < 1.29 is 9.53 Å². The van der Waals surface area contributed by atoms with E-state index in [2.05, 4.69) is 43.7 Å². The van der Waals surface area contributed by atoms with Gasteiger partial charge in [0.25, 0.3) is 5.91 Å². The Labute approximate surface area is 196 Å². The highest BCUT2D eigenvalue weighted by molar-refractivity contribution is 7.21. The molecule has 3 aliphatic heterocycles. The van der Waals surface area contributed by atoms with Crippen LogP contribution in [0.2, 0.25) is 0 Å². The second-order valence-corrected chi connectivity index (χ2v) is 10.3. The van der Waals surface area contributed by atoms with Crippen molar-refractivity contribution in [1.82, 2.24) is 20.6 Å². The van der Waals surface area contributed by atoms with E-state index in [1.807, 2.05) is 6.92 Å². The van der Waals surface area contributed by atoms with Gasteiger partial charge in [0.15, 0.2) is 0 Å². The van der Waals surface area contributed by atoms with Crippen LogP contribution in [0, 0.1) is 6.92 Å². The van der Waals surface area contributed by atoms with Crippen LogP contribution >= 0.6 is 11.3 Å². The van der Waals surface area contributed by atoms with Gasteiger partial charge >= 0.3 is 0 Å². The van der Waals surface area contributed by atoms with Crippen LogP contribution in [0.15, 0.2) is 24.4 Å². The molecule has 172 valence electrons. The molecule has 1 aromatic carbocycles. The van der Waals surface area contributed by atoms with Crippen molar-refractivity contribution in [2.24, 2.45) is 0 Å². The maximum atomic E-state index is 13.0. The quantitative estimate of drug-likeness (QED) is 0.545. The molecule has 0 radical (unpaired) electrons. The van der Waals surface area contributed by atoms with E-state index in [1.165, 1.54) is 28.2 Å². The van der Waals surface area contributed by atoms with Gasteiger partial charge in [-0.1, -0.05) is 6.07 Å². The fourth-order valence-electron chi connectivity index (χ4n) is 5.15. The monoisotopic (exact) mass is 464 g/mol. The third kappa shape index (κ3) is 3.94. The smallest absolute Gasteiger partial charge is 0.263 e. The van der Waals surface area contributed by atoms with Crippen LogP contribution in [0.5, 0.6) is 0 Å². The van der Waals surface area contributed by atoms with Gasteiger partial charge in [-0.3, -0.25) is 4.79 Å². The first-order chi connectivity index (χ1) is 16.0. The molecule has 33 heavy (non-hydrogen) atoms. The van der Waals surface area contributed by atoms with Crippen molar-refractivity contribution in [2.45, 2.75) is 44.4 Å². The van der Waals surface area contributed by atoms with Crippen LogP contribution in [0.3, 0.4) is 0 Å². The number of nitrogen functional groups attached to an aromatic ring is 1. The Morgan fingerprint density at radius 2 is 2.24 bits per heavy atom. The number of carbonyl (C=O) groups excluding carboxylic acids is 1. The number of amides is 1. The second kappa shape index (κ2) is 8.23. The van der Waals surface area contributed by atoms with Gasteiger partial charge in [0.05, 0.1) is 24.1 Å². The zero-order valence-corrected chi connectivity index (χ0v) is 19.5. The topological polar surface area (TPSA) is 105 Å². The summed E-state index contributed by atoms with van der Waals surface area (Å²) in [5.74, 6) is -0.132. The Morgan fingerprint density at radius 1 is 1.33 bits per heavy atom. The highest BCUT2D eigenvalue weighted by atomic mass is 32.1. The average Bonchev–Trinajstić information content (AvgIpc) is 2.97. The lowest BCUT2D eigenvalue weighted by Crippen LogP contribution is -2.45. The van der Waals surface area contributed by atoms with Gasteiger partial charge < -0.3 is 26.0 Å². The molecule has 9 heteroatoms. The summed E-state index contributed by atoms with van der Waals surface area (Å²) in [5.41, 5.74) is 12.0. The molecule has 1 amide bonds. The predicted octanol–water partition coefficient (Wildman–Crippen LogP) is 2.05. The van der Waals surface area contributed by atoms with Gasteiger partial charge in [-0.05, 0) is 49.4 Å². The third-order valence-corrected chi connectivity index (χ3v) is 8.00. The molecule has 1 aliphatic carbocycles. The van der Waals surface area contributed by atoms with E-state index in [4.69, 9.17) is 10.5 Å². The minimum atomic E-state index is -0.132. The van der Waals surface area contributed by atoms with Crippen molar-refractivity contribution >= 4 is 39.0 Å². The van der Waals surface area contributed by atoms with Crippen LogP contribution < -0.4 is 21.3 Å². The standard InChI is InChI=1S/C24H28N6O2S/c1-13-8-27-21-20(25)22(33-24(21)28-13)23(31)29-16-4-2-15-7-18(5-3-14(15)6-16)30-10-17-12-32-19(11-30)9-26-17/h3,5,7-8,16-17,19,26H,2,4,6,9-12,25H2,1H3,(H,29,31)/t16-,17?,19?/m1/s1. The summed E-state index contributed by atoms with van der Waals surface area (Å²) in [4.78, 5) is 25.5. The number of carbonyl (C=O) groups is 1. The number of aromatic nitrogens is 2. The van der Waals surface area contributed by atoms with Gasteiger partial charge in [-0.15, -0.1) is 11.3 Å². The fraction of sp³-hybridized carbons (Fsp3) is 0.458. The van der Waals surface area contributed by atoms with E-state index < -0.39 is 0 Å². The molecule has 0 spiro atoms. The minimum Gasteiger partial charge on any atom is -0.396 e. The molecular formula is C24H28N6O2S. The molecule has 2 unspecified atom stereocenters. The number of aryl methyl sites for hydroxylation is 2. The van der Waals surface area contributed by atoms with Gasteiger partial charge in [0.2, 0.25) is 0 Å². The zero-order chi connectivity index (χ0) is 22.5. The maximum Gasteiger partial charge on any atom is 0.263 e. The summed E-state index contributed by atoms with van der Waals surface area (Å²) in [5, 5.41) is 6.77. The van der Waals surface area contributed by atoms with Crippen molar-refractivity contribution in [3.8, 4) is 0 Å². The van der Waals surface area contributed by atoms with E-state index in [-0.39, 0.29) is 18.1 Å². The molecule has 2 aromatic heterocycles. The summed E-state index contributed by atoms with van der Waals surface area (Å²) in [6, 6.07) is 7.28. The van der Waals surface area contributed by atoms with Crippen molar-refractivity contribution in [1.29, 1.82) is 0 Å². The van der Waals surface area contributed by atoms with Crippen LogP contribution in [0.4, 0.5) is 11.4 Å². The zero-order valence-electron chi connectivity index (χ0n) is 18.6. The van der Waals surface area contributed by atoms with Crippen molar-refractivity contribution in [3.63, 3.8) is 0 Å². The third-order valence-electron chi connectivity index (χ3n) is 6.92. The first-order valence-electron chi connectivity index (χ1n) is 11.6. The summed E-state index contributed by atoms with van der Waals surface area (Å²) >= 11 is 1.31. The number of nitrogens with zero attached hydrogens (tertiary/aromatic N) is 3. The van der Waals surface area contributed by atoms with E-state index in [0.717, 1.165) is 51.2 Å². The summed E-state index contributed by atoms with van der Waals surface area (Å²) in [6.07, 6.45) is 4.64. The number of anilines is 2. The molecule has 0 saturated carbocycles. The first kappa shape index (κ1) is 20.8. The van der Waals surface area contributed by atoms with E-state index in [9.17, 15) is 4.79 Å². The number of ether oxygens (including phenoxy) is 1. The van der Waals surface area contributed by atoms with Gasteiger partial charge in [0, 0.05) is 43.6 Å². The lowest BCUT2D eigenvalue weighted by Gasteiger charge is -2.29. The lowest BCUT2D eigenvalue weighted by molar-refractivity contribution is 0.0259. The molecule has 2 bridgehead atoms. The second-order valence-electron chi connectivity index (χ2n) is 9.34. The summed E-state index contributed by atoms with van der Waals surface area (Å²) in [7, 11) is 0. The number of rotatable bonds is 3. The molecule has 3 saturated heterocycles. The predicted molar refractivity (Wildman–Crippen MR) is 130 cm³/mol. The van der Waals surface area contributed by atoms with E-state index >= 15 is 0 Å². The SMILES string of the molecule is Cc1cnc2c(N)c(C(=O)N[C@@H]3CCc4cc(N5CC6COC(CN6)C5)ccc4C3)sc2n1. The van der Waals surface area contributed by atoms with Crippen LogP contribution in [-0.4, -0.2) is 60.3 Å². The molecule has 3 fully saturated rings. The first-order valence-corrected chi connectivity index (χ1v) is 12.4. The van der Waals surface area contributed by atoms with Crippen molar-refractivity contribution in [3.05, 3.63) is 46.1 Å². The Balaban J connectivity index is 1.16. The normalized spacial score (nSPS) is 24.5. The molecule has 5 heterocycles. The number of thiophene rings is 1. The summed E-state index contributed by atoms with van der Waals surface area (Å²) in [6.45, 7) is 5.52. The molecule has 8 nitrogen and oxygen atoms in total. The number of hydrogen-bond acceptors (Lipinski definition) is 8. The van der Waals surface area contributed by atoms with Crippen LogP contribution in [0.1, 0.15) is 32.9 Å². The number of morpholine rings is 1.